The molecule has 4 nitrogen and oxygen atoms in total. The number of carbonyl (C=O) groups is 1. The molecule has 0 spiro atoms. The number of hydrogen-bond donors (Lipinski definition) is 1. The third-order valence-corrected chi connectivity index (χ3v) is 4.76. The van der Waals surface area contributed by atoms with E-state index in [1.54, 1.807) is 24.4 Å². The largest absolute Gasteiger partial charge is 0.492 e. The summed E-state index contributed by atoms with van der Waals surface area (Å²) < 4.78 is 6.52. The van der Waals surface area contributed by atoms with Crippen molar-refractivity contribution in [2.75, 3.05) is 6.61 Å². The average molecular weight is 436 g/mol. The second-order valence-corrected chi connectivity index (χ2v) is 7.80. The summed E-state index contributed by atoms with van der Waals surface area (Å²) in [6.07, 6.45) is 2.48. The lowest BCUT2D eigenvalue weighted by atomic mass is 10.3. The van der Waals surface area contributed by atoms with Gasteiger partial charge in [0.2, 0.25) is 5.91 Å². The van der Waals surface area contributed by atoms with Gasteiger partial charge in [0.15, 0.2) is 0 Å². The molecule has 8 heteroatoms. The molecule has 0 bridgehead atoms. The van der Waals surface area contributed by atoms with E-state index in [1.807, 2.05) is 12.1 Å². The van der Waals surface area contributed by atoms with Crippen molar-refractivity contribution in [1.29, 1.82) is 0 Å². The molecule has 1 amide bonds. The first kappa shape index (κ1) is 18.3. The Morgan fingerprint density at radius 2 is 2.17 bits per heavy atom. The molecular formula is C15H13BrCl2N2O2S. The van der Waals surface area contributed by atoms with Crippen LogP contribution in [0.4, 0.5) is 0 Å². The van der Waals surface area contributed by atoms with Crippen LogP contribution in [0.25, 0.3) is 0 Å². The zero-order valence-corrected chi connectivity index (χ0v) is 15.8. The van der Waals surface area contributed by atoms with E-state index in [-0.39, 0.29) is 5.91 Å². The summed E-state index contributed by atoms with van der Waals surface area (Å²) in [5.41, 5.74) is 2.48. The first-order chi connectivity index (χ1) is 11.0. The van der Waals surface area contributed by atoms with E-state index in [4.69, 9.17) is 27.9 Å². The third-order valence-electron chi connectivity index (χ3n) is 2.67. The van der Waals surface area contributed by atoms with Crippen LogP contribution in [0.5, 0.6) is 5.75 Å². The molecule has 1 aromatic carbocycles. The molecule has 1 aromatic heterocycles. The first-order valence-corrected chi connectivity index (χ1v) is 9.06. The molecule has 23 heavy (non-hydrogen) atoms. The Bertz CT molecular complexity index is 707. The highest BCUT2D eigenvalue weighted by atomic mass is 79.9. The van der Waals surface area contributed by atoms with Gasteiger partial charge in [-0.2, -0.15) is 5.10 Å². The first-order valence-electron chi connectivity index (χ1n) is 6.69. The summed E-state index contributed by atoms with van der Waals surface area (Å²) in [5.74, 6) is 0.389. The minimum atomic E-state index is -0.164. The maximum atomic E-state index is 11.6. The predicted octanol–water partition coefficient (Wildman–Crippen LogP) is 5.13. The van der Waals surface area contributed by atoms with E-state index in [0.29, 0.717) is 35.2 Å². The van der Waals surface area contributed by atoms with E-state index in [1.165, 1.54) is 11.3 Å². The van der Waals surface area contributed by atoms with Crippen molar-refractivity contribution >= 4 is 62.6 Å². The van der Waals surface area contributed by atoms with Crippen LogP contribution in [0.15, 0.2) is 39.2 Å². The van der Waals surface area contributed by atoms with Crippen molar-refractivity contribution < 1.29 is 9.53 Å². The highest BCUT2D eigenvalue weighted by Crippen LogP contribution is 2.27. The van der Waals surface area contributed by atoms with Crippen LogP contribution < -0.4 is 10.2 Å². The summed E-state index contributed by atoms with van der Waals surface area (Å²) in [6, 6.07) is 8.85. The minimum absolute atomic E-state index is 0.164. The fraction of sp³-hybridized carbons (Fsp3) is 0.200. The van der Waals surface area contributed by atoms with E-state index in [2.05, 4.69) is 26.5 Å². The Balaban J connectivity index is 1.65. The van der Waals surface area contributed by atoms with E-state index in [0.717, 1.165) is 8.66 Å². The standard InChI is InChI=1S/C15H13BrCl2N2O2S/c16-14-6-4-11(23-14)9-19-20-15(21)2-1-7-22-13-5-3-10(17)8-12(13)18/h3-6,8-9H,1-2,7H2,(H,20,21)/b19-9+. The highest BCUT2D eigenvalue weighted by molar-refractivity contribution is 9.11. The lowest BCUT2D eigenvalue weighted by Crippen LogP contribution is -2.17. The number of rotatable bonds is 7. The normalized spacial score (nSPS) is 10.9. The molecule has 0 aliphatic rings. The fourth-order valence-corrected chi connectivity index (χ4v) is 3.39. The van der Waals surface area contributed by atoms with Crippen molar-refractivity contribution in [3.63, 3.8) is 0 Å². The summed E-state index contributed by atoms with van der Waals surface area (Å²) in [5, 5.41) is 4.91. The number of amides is 1. The quantitative estimate of drug-likeness (QED) is 0.372. The van der Waals surface area contributed by atoms with Gasteiger partial charge in [-0.3, -0.25) is 4.79 Å². The zero-order chi connectivity index (χ0) is 16.7. The van der Waals surface area contributed by atoms with Gasteiger partial charge in [-0.15, -0.1) is 11.3 Å². The molecule has 2 rings (SSSR count). The number of nitrogens with one attached hydrogen (secondary N) is 1. The van der Waals surface area contributed by atoms with Crippen LogP contribution in [0.2, 0.25) is 10.0 Å². The van der Waals surface area contributed by atoms with Crippen molar-refractivity contribution in [1.82, 2.24) is 5.43 Å². The van der Waals surface area contributed by atoms with Gasteiger partial charge in [-0.05, 0) is 52.7 Å². The molecule has 0 aliphatic carbocycles. The van der Waals surface area contributed by atoms with Crippen LogP contribution in [0.1, 0.15) is 17.7 Å². The SMILES string of the molecule is O=C(CCCOc1ccc(Cl)cc1Cl)N/N=C/c1ccc(Br)s1. The Labute approximate surface area is 156 Å². The molecule has 0 saturated heterocycles. The third kappa shape index (κ3) is 6.51. The van der Waals surface area contributed by atoms with Crippen molar-refractivity contribution in [2.45, 2.75) is 12.8 Å². The Morgan fingerprint density at radius 1 is 1.35 bits per heavy atom. The molecule has 0 aliphatic heterocycles. The zero-order valence-electron chi connectivity index (χ0n) is 11.9. The lowest BCUT2D eigenvalue weighted by molar-refractivity contribution is -0.121. The highest BCUT2D eigenvalue weighted by Gasteiger charge is 2.04. The van der Waals surface area contributed by atoms with Gasteiger partial charge in [0, 0.05) is 16.3 Å². The number of hydrazone groups is 1. The van der Waals surface area contributed by atoms with Crippen LogP contribution in [0.3, 0.4) is 0 Å². The number of carbonyl (C=O) groups excluding carboxylic acids is 1. The average Bonchev–Trinajstić information content (AvgIpc) is 2.91. The number of halogens is 3. The molecule has 0 radical (unpaired) electrons. The van der Waals surface area contributed by atoms with Crippen molar-refractivity contribution in [3.8, 4) is 5.75 Å². The Hall–Kier alpha value is -1.08. The maximum Gasteiger partial charge on any atom is 0.240 e. The van der Waals surface area contributed by atoms with E-state index >= 15 is 0 Å². The Kier molecular flexibility index (Phi) is 7.36. The Morgan fingerprint density at radius 3 is 2.87 bits per heavy atom. The number of nitrogens with zero attached hydrogens (tertiary/aromatic N) is 1. The number of thiophene rings is 1. The van der Waals surface area contributed by atoms with Gasteiger partial charge in [-0.1, -0.05) is 23.2 Å². The fourth-order valence-electron chi connectivity index (χ4n) is 1.63. The van der Waals surface area contributed by atoms with Crippen LogP contribution in [-0.2, 0) is 4.79 Å². The molecule has 0 fully saturated rings. The lowest BCUT2D eigenvalue weighted by Gasteiger charge is -2.07. The predicted molar refractivity (Wildman–Crippen MR) is 98.9 cm³/mol. The van der Waals surface area contributed by atoms with Crippen LogP contribution in [-0.4, -0.2) is 18.7 Å². The maximum absolute atomic E-state index is 11.6. The summed E-state index contributed by atoms with van der Waals surface area (Å²) in [4.78, 5) is 12.6. The summed E-state index contributed by atoms with van der Waals surface area (Å²) in [7, 11) is 0. The van der Waals surface area contributed by atoms with E-state index < -0.39 is 0 Å². The number of benzene rings is 1. The molecule has 2 aromatic rings. The molecule has 1 N–H and O–H groups in total. The smallest absolute Gasteiger partial charge is 0.240 e. The second-order valence-electron chi connectivity index (χ2n) is 4.46. The number of hydrogen-bond acceptors (Lipinski definition) is 4. The molecule has 0 saturated carbocycles. The molecule has 0 unspecified atom stereocenters. The van der Waals surface area contributed by atoms with Gasteiger partial charge in [0.25, 0.3) is 0 Å². The monoisotopic (exact) mass is 434 g/mol. The van der Waals surface area contributed by atoms with Crippen LogP contribution >= 0.6 is 50.5 Å². The number of ether oxygens (including phenoxy) is 1. The minimum Gasteiger partial charge on any atom is -0.492 e. The molecular weight excluding hydrogens is 423 g/mol. The summed E-state index contributed by atoms with van der Waals surface area (Å²) >= 11 is 16.7. The van der Waals surface area contributed by atoms with E-state index in [9.17, 15) is 4.79 Å². The van der Waals surface area contributed by atoms with Gasteiger partial charge >= 0.3 is 0 Å². The van der Waals surface area contributed by atoms with Crippen LogP contribution in [0, 0.1) is 0 Å². The summed E-state index contributed by atoms with van der Waals surface area (Å²) in [6.45, 7) is 0.385. The topological polar surface area (TPSA) is 50.7 Å². The van der Waals surface area contributed by atoms with Gasteiger partial charge in [0.05, 0.1) is 21.6 Å². The molecule has 0 atom stereocenters. The molecule has 122 valence electrons. The van der Waals surface area contributed by atoms with Crippen molar-refractivity contribution in [2.24, 2.45) is 5.10 Å². The second kappa shape index (κ2) is 9.27. The molecule has 1 heterocycles. The van der Waals surface area contributed by atoms with Gasteiger partial charge in [-0.25, -0.2) is 5.43 Å². The van der Waals surface area contributed by atoms with Gasteiger partial charge < -0.3 is 4.74 Å². The van der Waals surface area contributed by atoms with Crippen molar-refractivity contribution in [3.05, 3.63) is 49.0 Å². The van der Waals surface area contributed by atoms with Gasteiger partial charge in [0.1, 0.15) is 5.75 Å².